The van der Waals surface area contributed by atoms with Crippen LogP contribution >= 0.6 is 0 Å². The normalized spacial score (nSPS) is 14.5. The number of fused-ring (bicyclic) bond motifs is 2. The third-order valence-electron chi connectivity index (χ3n) is 5.60. The number of aromatic carboxylic acids is 1. The van der Waals surface area contributed by atoms with Gasteiger partial charge >= 0.3 is 5.97 Å². The van der Waals surface area contributed by atoms with Gasteiger partial charge in [-0.05, 0) is 24.3 Å². The highest BCUT2D eigenvalue weighted by Crippen LogP contribution is 2.32. The molecule has 1 N–H and O–H groups in total. The Balaban J connectivity index is 1.82. The van der Waals surface area contributed by atoms with Gasteiger partial charge in [0.2, 0.25) is 0 Å². The first kappa shape index (κ1) is 18.6. The molecule has 3 heterocycles. The van der Waals surface area contributed by atoms with Crippen LogP contribution in [-0.2, 0) is 11.2 Å². The number of para-hydroxylation sites is 1. The molecule has 1 saturated heterocycles. The first-order valence-corrected chi connectivity index (χ1v) is 10.1. The lowest BCUT2D eigenvalue weighted by atomic mass is 10.1. The third-order valence-corrected chi connectivity index (χ3v) is 5.60. The summed E-state index contributed by atoms with van der Waals surface area (Å²) in [7, 11) is 0. The highest BCUT2D eigenvalue weighted by Gasteiger charge is 2.22. The molecule has 30 heavy (non-hydrogen) atoms. The number of nitrogens with zero attached hydrogens (tertiary/aromatic N) is 4. The van der Waals surface area contributed by atoms with E-state index in [9.17, 15) is 9.90 Å². The van der Waals surface area contributed by atoms with E-state index >= 15 is 0 Å². The maximum absolute atomic E-state index is 12.1. The maximum atomic E-state index is 12.1. The van der Waals surface area contributed by atoms with Gasteiger partial charge in [-0.3, -0.25) is 9.55 Å². The van der Waals surface area contributed by atoms with Crippen LogP contribution in [0.5, 0.6) is 0 Å². The zero-order chi connectivity index (χ0) is 20.7. The number of benzene rings is 2. The van der Waals surface area contributed by atoms with Gasteiger partial charge in [0.25, 0.3) is 0 Å². The lowest BCUT2D eigenvalue weighted by molar-refractivity contribution is 0.0699. The van der Waals surface area contributed by atoms with E-state index in [2.05, 4.69) is 20.5 Å². The van der Waals surface area contributed by atoms with Crippen LogP contribution in [0.1, 0.15) is 23.1 Å². The first-order chi connectivity index (χ1) is 14.7. The van der Waals surface area contributed by atoms with E-state index in [1.807, 2.05) is 37.3 Å². The summed E-state index contributed by atoms with van der Waals surface area (Å²) in [6.07, 6.45) is 2.46. The molecule has 0 radical (unpaired) electrons. The molecular formula is C23H22N4O3. The van der Waals surface area contributed by atoms with E-state index in [4.69, 9.17) is 9.72 Å². The number of aryl methyl sites for hydroxylation is 1. The molecule has 0 spiro atoms. The van der Waals surface area contributed by atoms with E-state index in [0.717, 1.165) is 46.7 Å². The average Bonchev–Trinajstić information content (AvgIpc) is 3.17. The summed E-state index contributed by atoms with van der Waals surface area (Å²) in [5.74, 6) is -0.148. The van der Waals surface area contributed by atoms with Crippen molar-refractivity contribution in [3.63, 3.8) is 0 Å². The summed E-state index contributed by atoms with van der Waals surface area (Å²) in [5, 5.41) is 10.9. The molecule has 0 saturated carbocycles. The number of ether oxygens (including phenoxy) is 1. The number of carboxylic acids is 1. The Labute approximate surface area is 173 Å². The van der Waals surface area contributed by atoms with Crippen LogP contribution in [-0.4, -0.2) is 51.9 Å². The van der Waals surface area contributed by atoms with Gasteiger partial charge in [0.05, 0.1) is 35.5 Å². The number of carboxylic acid groups (broad SMARTS) is 1. The van der Waals surface area contributed by atoms with Crippen LogP contribution in [0.3, 0.4) is 0 Å². The SMILES string of the molecule is CCc1nc2c(C(=O)O)cc(N3CCOCC3)cc2n1-c1ccnc2ccccc12. The van der Waals surface area contributed by atoms with Crippen molar-refractivity contribution in [2.45, 2.75) is 13.3 Å². The lowest BCUT2D eigenvalue weighted by Crippen LogP contribution is -2.36. The Morgan fingerprint density at radius 3 is 2.73 bits per heavy atom. The van der Waals surface area contributed by atoms with Crippen molar-refractivity contribution in [2.24, 2.45) is 0 Å². The molecule has 2 aromatic carbocycles. The summed E-state index contributed by atoms with van der Waals surface area (Å²) >= 11 is 0. The Kier molecular flexibility index (Phi) is 4.59. The van der Waals surface area contributed by atoms with Gasteiger partial charge in [-0.25, -0.2) is 9.78 Å². The molecule has 0 bridgehead atoms. The minimum Gasteiger partial charge on any atom is -0.478 e. The quantitative estimate of drug-likeness (QED) is 0.561. The summed E-state index contributed by atoms with van der Waals surface area (Å²) in [6, 6.07) is 13.7. The summed E-state index contributed by atoms with van der Waals surface area (Å²) < 4.78 is 7.55. The molecule has 0 atom stereocenters. The van der Waals surface area contributed by atoms with Crippen molar-refractivity contribution >= 4 is 33.6 Å². The Morgan fingerprint density at radius 2 is 1.97 bits per heavy atom. The molecule has 7 nitrogen and oxygen atoms in total. The van der Waals surface area contributed by atoms with E-state index in [1.165, 1.54) is 0 Å². The van der Waals surface area contributed by atoms with E-state index in [0.29, 0.717) is 25.2 Å². The molecule has 7 heteroatoms. The second kappa shape index (κ2) is 7.42. The Bertz CT molecular complexity index is 1250. The summed E-state index contributed by atoms with van der Waals surface area (Å²) in [5.41, 5.74) is 4.25. The maximum Gasteiger partial charge on any atom is 0.338 e. The average molecular weight is 402 g/mol. The van der Waals surface area contributed by atoms with Gasteiger partial charge in [0.1, 0.15) is 11.3 Å². The van der Waals surface area contributed by atoms with Gasteiger partial charge < -0.3 is 14.7 Å². The molecule has 0 amide bonds. The molecule has 2 aromatic heterocycles. The van der Waals surface area contributed by atoms with Crippen molar-refractivity contribution in [1.29, 1.82) is 0 Å². The number of hydrogen-bond acceptors (Lipinski definition) is 5. The standard InChI is InChI=1S/C23H22N4O3/c1-2-21-25-22-17(23(28)29)13-15(26-9-11-30-12-10-26)14-20(22)27(21)19-7-8-24-18-6-4-3-5-16(18)19/h3-8,13-14H,2,9-12H2,1H3,(H,28,29). The van der Waals surface area contributed by atoms with Crippen molar-refractivity contribution < 1.29 is 14.6 Å². The molecule has 0 aliphatic carbocycles. The molecule has 0 unspecified atom stereocenters. The fraction of sp³-hybridized carbons (Fsp3) is 0.261. The van der Waals surface area contributed by atoms with Gasteiger partial charge in [0, 0.05) is 36.8 Å². The van der Waals surface area contributed by atoms with E-state index < -0.39 is 5.97 Å². The second-order valence-electron chi connectivity index (χ2n) is 7.33. The molecule has 5 rings (SSSR count). The smallest absolute Gasteiger partial charge is 0.338 e. The number of imidazole rings is 1. The number of rotatable bonds is 4. The molecule has 152 valence electrons. The molecule has 1 aliphatic heterocycles. The number of anilines is 1. The first-order valence-electron chi connectivity index (χ1n) is 10.1. The summed E-state index contributed by atoms with van der Waals surface area (Å²) in [4.78, 5) is 23.5. The zero-order valence-corrected chi connectivity index (χ0v) is 16.7. The predicted octanol–water partition coefficient (Wildman–Crippen LogP) is 3.67. The predicted molar refractivity (Wildman–Crippen MR) is 116 cm³/mol. The topological polar surface area (TPSA) is 80.5 Å². The number of pyridine rings is 1. The fourth-order valence-corrected chi connectivity index (χ4v) is 4.16. The number of hydrogen-bond donors (Lipinski definition) is 1. The molecule has 4 aromatic rings. The largest absolute Gasteiger partial charge is 0.478 e. The van der Waals surface area contributed by atoms with E-state index in [-0.39, 0.29) is 5.56 Å². The number of carbonyl (C=O) groups is 1. The van der Waals surface area contributed by atoms with Crippen LogP contribution in [0.4, 0.5) is 5.69 Å². The van der Waals surface area contributed by atoms with Gasteiger partial charge in [-0.2, -0.15) is 0 Å². The highest BCUT2D eigenvalue weighted by molar-refractivity contribution is 6.04. The monoisotopic (exact) mass is 402 g/mol. The van der Waals surface area contributed by atoms with Crippen LogP contribution in [0, 0.1) is 0 Å². The number of aromatic nitrogens is 3. The minimum absolute atomic E-state index is 0.223. The van der Waals surface area contributed by atoms with Crippen LogP contribution < -0.4 is 4.90 Å². The highest BCUT2D eigenvalue weighted by atomic mass is 16.5. The van der Waals surface area contributed by atoms with Crippen LogP contribution in [0.2, 0.25) is 0 Å². The van der Waals surface area contributed by atoms with Crippen LogP contribution in [0.15, 0.2) is 48.7 Å². The minimum atomic E-state index is -0.970. The van der Waals surface area contributed by atoms with Gasteiger partial charge in [0.15, 0.2) is 0 Å². The molecule has 1 aliphatic rings. The fourth-order valence-electron chi connectivity index (χ4n) is 4.16. The molecular weight excluding hydrogens is 380 g/mol. The van der Waals surface area contributed by atoms with Gasteiger partial charge in [-0.15, -0.1) is 0 Å². The van der Waals surface area contributed by atoms with Crippen molar-refractivity contribution in [3.05, 3.63) is 60.0 Å². The molecule has 1 fully saturated rings. The number of morpholine rings is 1. The van der Waals surface area contributed by atoms with E-state index in [1.54, 1.807) is 12.3 Å². The second-order valence-corrected chi connectivity index (χ2v) is 7.33. The third kappa shape index (κ3) is 2.98. The zero-order valence-electron chi connectivity index (χ0n) is 16.7. The Morgan fingerprint density at radius 1 is 1.17 bits per heavy atom. The summed E-state index contributed by atoms with van der Waals surface area (Å²) in [6.45, 7) is 4.77. The Hall–Kier alpha value is -3.45. The lowest BCUT2D eigenvalue weighted by Gasteiger charge is -2.29. The van der Waals surface area contributed by atoms with Crippen molar-refractivity contribution in [1.82, 2.24) is 14.5 Å². The van der Waals surface area contributed by atoms with Crippen molar-refractivity contribution in [2.75, 3.05) is 31.2 Å². The van der Waals surface area contributed by atoms with Gasteiger partial charge in [-0.1, -0.05) is 25.1 Å². The van der Waals surface area contributed by atoms with Crippen LogP contribution in [0.25, 0.3) is 27.6 Å². The van der Waals surface area contributed by atoms with Crippen molar-refractivity contribution in [3.8, 4) is 5.69 Å².